The summed E-state index contributed by atoms with van der Waals surface area (Å²) in [6, 6.07) is 1.67. The lowest BCUT2D eigenvalue weighted by Crippen LogP contribution is -2.18. The molecule has 0 saturated carbocycles. The first-order valence-electron chi connectivity index (χ1n) is 7.66. The number of halogens is 5. The van der Waals surface area contributed by atoms with Gasteiger partial charge in [0.05, 0.1) is 0 Å². The normalized spacial score (nSPS) is 14.6. The van der Waals surface area contributed by atoms with Gasteiger partial charge in [-0.3, -0.25) is 0 Å². The average molecular weight is 335 g/mol. The van der Waals surface area contributed by atoms with Crippen molar-refractivity contribution in [3.63, 3.8) is 0 Å². The van der Waals surface area contributed by atoms with E-state index in [4.69, 9.17) is 0 Å². The summed E-state index contributed by atoms with van der Waals surface area (Å²) in [5.74, 6) is -0.191. The summed E-state index contributed by atoms with van der Waals surface area (Å²) in [5, 5.41) is 0. The van der Waals surface area contributed by atoms with Crippen LogP contribution in [0.2, 0.25) is 18.1 Å². The first-order valence-corrected chi connectivity index (χ1v) is 11.5. The monoisotopic (exact) mass is 334 g/mol. The Morgan fingerprint density at radius 2 is 1.45 bits per heavy atom. The second-order valence-electron chi connectivity index (χ2n) is 5.72. The van der Waals surface area contributed by atoms with Gasteiger partial charge in [0.15, 0.2) is 0 Å². The Morgan fingerprint density at radius 3 is 2.05 bits per heavy atom. The van der Waals surface area contributed by atoms with Gasteiger partial charge in [-0.1, -0.05) is 51.1 Å². The van der Waals surface area contributed by atoms with E-state index in [-0.39, 0.29) is 21.9 Å². The molecule has 1 unspecified atom stereocenters. The van der Waals surface area contributed by atoms with Crippen LogP contribution >= 0.6 is 0 Å². The highest BCUT2D eigenvalue weighted by atomic mass is 28.5. The van der Waals surface area contributed by atoms with Crippen LogP contribution in [0.15, 0.2) is 0 Å². The Morgan fingerprint density at radius 1 is 0.850 bits per heavy atom. The second kappa shape index (κ2) is 11.7. The zero-order valence-corrected chi connectivity index (χ0v) is 14.7. The van der Waals surface area contributed by atoms with Crippen molar-refractivity contribution in [3.8, 4) is 0 Å². The number of rotatable bonds is 13. The number of alkyl halides is 2. The van der Waals surface area contributed by atoms with Crippen molar-refractivity contribution in [1.82, 2.24) is 0 Å². The molecular formula is C13H27F5Si2. The molecule has 0 amide bonds. The van der Waals surface area contributed by atoms with E-state index in [9.17, 15) is 21.1 Å². The van der Waals surface area contributed by atoms with Crippen LogP contribution in [0.3, 0.4) is 0 Å². The lowest BCUT2D eigenvalue weighted by Gasteiger charge is -2.11. The maximum atomic E-state index is 12.2. The predicted molar refractivity (Wildman–Crippen MR) is 79.5 cm³/mol. The predicted octanol–water partition coefficient (Wildman–Crippen LogP) is 5.47. The van der Waals surface area contributed by atoms with Gasteiger partial charge in [-0.25, -0.2) is 21.1 Å². The molecule has 0 aliphatic heterocycles. The van der Waals surface area contributed by atoms with Crippen LogP contribution < -0.4 is 0 Å². The SMILES string of the molecule is CC(CC[SiH2]CCCCCCCC(F)F)C[Si](F)(F)F. The summed E-state index contributed by atoms with van der Waals surface area (Å²) in [4.78, 5) is 0. The molecule has 0 bridgehead atoms. The highest BCUT2D eigenvalue weighted by Gasteiger charge is 2.37. The molecule has 1 atom stereocenters. The molecule has 0 spiro atoms. The van der Waals surface area contributed by atoms with Gasteiger partial charge >= 0.3 is 9.08 Å². The van der Waals surface area contributed by atoms with Gasteiger partial charge < -0.3 is 0 Å². The standard InChI is InChI=1S/C13H27F5Si2/c1-12(11-20(16,17)18)8-10-19-9-6-4-2-3-5-7-13(14)15/h12-13H,2-11,19H2,1H3. The molecule has 122 valence electrons. The number of unbranched alkanes of at least 4 members (excludes halogenated alkanes) is 4. The Balaban J connectivity index is 3.21. The van der Waals surface area contributed by atoms with Crippen molar-refractivity contribution >= 4 is 18.6 Å². The van der Waals surface area contributed by atoms with E-state index in [0.29, 0.717) is 6.42 Å². The third-order valence-electron chi connectivity index (χ3n) is 3.45. The Hall–Kier alpha value is 0.0838. The molecule has 0 aliphatic carbocycles. The van der Waals surface area contributed by atoms with Gasteiger partial charge in [0, 0.05) is 22.0 Å². The minimum absolute atomic E-state index is 0.00908. The highest BCUT2D eigenvalue weighted by molar-refractivity contribution is 6.58. The largest absolute Gasteiger partial charge is 0.616 e. The quantitative estimate of drug-likeness (QED) is 0.181. The third-order valence-corrected chi connectivity index (χ3v) is 6.52. The molecule has 0 aromatic rings. The fraction of sp³-hybridized carbons (Fsp3) is 1.00. The van der Waals surface area contributed by atoms with Crippen LogP contribution in [0, 0.1) is 5.92 Å². The fourth-order valence-corrected chi connectivity index (χ4v) is 5.39. The highest BCUT2D eigenvalue weighted by Crippen LogP contribution is 2.24. The molecule has 0 fully saturated rings. The summed E-state index contributed by atoms with van der Waals surface area (Å²) in [5.41, 5.74) is 0. The lowest BCUT2D eigenvalue weighted by atomic mass is 10.1. The first kappa shape index (κ1) is 20.1. The van der Waals surface area contributed by atoms with Gasteiger partial charge in [0.1, 0.15) is 0 Å². The summed E-state index contributed by atoms with van der Waals surface area (Å²) in [6.07, 6.45) is 3.26. The van der Waals surface area contributed by atoms with Crippen LogP contribution in [0.25, 0.3) is 0 Å². The molecule has 0 N–H and O–H groups in total. The van der Waals surface area contributed by atoms with Crippen molar-refractivity contribution in [2.24, 2.45) is 5.92 Å². The maximum Gasteiger partial charge on any atom is 0.616 e. The van der Waals surface area contributed by atoms with Gasteiger partial charge in [-0.05, 0) is 12.3 Å². The molecule has 0 nitrogen and oxygen atoms in total. The first-order chi connectivity index (χ1) is 9.31. The zero-order chi connectivity index (χ0) is 15.4. The second-order valence-corrected chi connectivity index (χ2v) is 9.48. The Labute approximate surface area is 122 Å². The number of hydrogen-bond acceptors (Lipinski definition) is 0. The molecule has 0 rings (SSSR count). The average Bonchev–Trinajstić information content (AvgIpc) is 2.28. The minimum atomic E-state index is -5.36. The molecule has 20 heavy (non-hydrogen) atoms. The van der Waals surface area contributed by atoms with Crippen molar-refractivity contribution in [2.45, 2.75) is 76.4 Å². The molecule has 7 heteroatoms. The molecule has 0 aliphatic rings. The Kier molecular flexibility index (Phi) is 11.8. The molecule has 0 heterocycles. The Bertz CT molecular complexity index is 221. The van der Waals surface area contributed by atoms with Crippen molar-refractivity contribution < 1.29 is 21.1 Å². The van der Waals surface area contributed by atoms with Gasteiger partial charge in [-0.15, -0.1) is 0 Å². The van der Waals surface area contributed by atoms with E-state index in [1.807, 2.05) is 0 Å². The van der Waals surface area contributed by atoms with Gasteiger partial charge in [0.2, 0.25) is 6.43 Å². The molecule has 0 aromatic carbocycles. The molecule has 0 saturated heterocycles. The van der Waals surface area contributed by atoms with Crippen molar-refractivity contribution in [2.75, 3.05) is 0 Å². The fourth-order valence-electron chi connectivity index (χ4n) is 2.35. The summed E-state index contributed by atoms with van der Waals surface area (Å²) >= 11 is 0. The summed E-state index contributed by atoms with van der Waals surface area (Å²) in [6.45, 7) is 1.71. The van der Waals surface area contributed by atoms with E-state index in [2.05, 4.69) is 0 Å². The van der Waals surface area contributed by atoms with E-state index < -0.39 is 21.5 Å². The van der Waals surface area contributed by atoms with E-state index in [1.165, 1.54) is 6.04 Å². The number of hydrogen-bond donors (Lipinski definition) is 0. The van der Waals surface area contributed by atoms with E-state index >= 15 is 0 Å². The maximum absolute atomic E-state index is 12.2. The molecule has 0 radical (unpaired) electrons. The van der Waals surface area contributed by atoms with Crippen LogP contribution in [-0.4, -0.2) is 25.0 Å². The smallest absolute Gasteiger partial charge is 0.238 e. The van der Waals surface area contributed by atoms with E-state index in [1.54, 1.807) is 6.92 Å². The minimum Gasteiger partial charge on any atom is -0.238 e. The summed E-state index contributed by atoms with van der Waals surface area (Å²) < 4.78 is 60.4. The van der Waals surface area contributed by atoms with Crippen LogP contribution in [-0.2, 0) is 0 Å². The van der Waals surface area contributed by atoms with Crippen LogP contribution in [0.5, 0.6) is 0 Å². The van der Waals surface area contributed by atoms with Crippen LogP contribution in [0.4, 0.5) is 21.1 Å². The van der Waals surface area contributed by atoms with Crippen molar-refractivity contribution in [1.29, 1.82) is 0 Å². The van der Waals surface area contributed by atoms with Crippen LogP contribution in [0.1, 0.15) is 51.9 Å². The van der Waals surface area contributed by atoms with Crippen molar-refractivity contribution in [3.05, 3.63) is 0 Å². The van der Waals surface area contributed by atoms with Gasteiger partial charge in [-0.2, -0.15) is 0 Å². The molecular weight excluding hydrogens is 307 g/mol. The topological polar surface area (TPSA) is 0 Å². The summed E-state index contributed by atoms with van der Waals surface area (Å²) in [7, 11) is -5.57. The third kappa shape index (κ3) is 16.1. The van der Waals surface area contributed by atoms with Gasteiger partial charge in [0.25, 0.3) is 0 Å². The molecule has 0 aromatic heterocycles. The van der Waals surface area contributed by atoms with E-state index in [0.717, 1.165) is 38.1 Å². The lowest BCUT2D eigenvalue weighted by molar-refractivity contribution is 0.133. The zero-order valence-electron chi connectivity index (χ0n) is 12.3.